The molecule has 8 heteroatoms. The molecular weight excluding hydrogens is 266 g/mol. The molecule has 0 bridgehead atoms. The Hall–Kier alpha value is -0.180. The summed E-state index contributed by atoms with van der Waals surface area (Å²) in [5.74, 6) is -0.949. The summed E-state index contributed by atoms with van der Waals surface area (Å²) >= 11 is 0. The lowest BCUT2D eigenvalue weighted by molar-refractivity contribution is 0.00641. The van der Waals surface area contributed by atoms with Crippen LogP contribution in [0.5, 0.6) is 0 Å². The van der Waals surface area contributed by atoms with Crippen LogP contribution in [0.15, 0.2) is 0 Å². The van der Waals surface area contributed by atoms with Crippen LogP contribution < -0.4 is 4.72 Å². The van der Waals surface area contributed by atoms with Crippen LogP contribution in [0.1, 0.15) is 27.7 Å². The lowest BCUT2D eigenvalue weighted by Gasteiger charge is -2.37. The van der Waals surface area contributed by atoms with Crippen molar-refractivity contribution in [2.45, 2.75) is 38.8 Å². The highest BCUT2D eigenvalue weighted by atomic mass is 32.2. The smallest absolute Gasteiger partial charge is 0.213 e. The maximum Gasteiger partial charge on any atom is 0.213 e. The fourth-order valence-corrected chi connectivity index (χ4v) is 4.04. The van der Waals surface area contributed by atoms with Crippen molar-refractivity contribution in [3.8, 4) is 0 Å². The van der Waals surface area contributed by atoms with Gasteiger partial charge in [-0.15, -0.1) is 0 Å². The molecule has 0 saturated carbocycles. The van der Waals surface area contributed by atoms with Crippen LogP contribution in [0.4, 0.5) is 0 Å². The minimum atomic E-state index is -3.74. The SMILES string of the molecule is CC(C)(O)C(C)(C)NS(=O)(=O)CCS(C)(=O)=O. The van der Waals surface area contributed by atoms with Gasteiger partial charge in [-0.3, -0.25) is 0 Å². The van der Waals surface area contributed by atoms with Crippen molar-refractivity contribution >= 4 is 19.9 Å². The topological polar surface area (TPSA) is 101 Å². The van der Waals surface area contributed by atoms with E-state index >= 15 is 0 Å². The third-order valence-corrected chi connectivity index (χ3v) is 5.43. The molecule has 0 spiro atoms. The first-order chi connectivity index (χ1) is 7.16. The highest BCUT2D eigenvalue weighted by Crippen LogP contribution is 2.21. The van der Waals surface area contributed by atoms with Gasteiger partial charge in [0.2, 0.25) is 10.0 Å². The zero-order valence-electron chi connectivity index (χ0n) is 10.8. The van der Waals surface area contributed by atoms with E-state index in [0.29, 0.717) is 0 Å². The maximum absolute atomic E-state index is 11.7. The highest BCUT2D eigenvalue weighted by molar-refractivity contribution is 7.93. The molecule has 0 heterocycles. The largest absolute Gasteiger partial charge is 0.389 e. The summed E-state index contributed by atoms with van der Waals surface area (Å²) in [6.07, 6.45) is 0.976. The normalized spacial score (nSPS) is 14.9. The molecule has 0 aliphatic heterocycles. The van der Waals surface area contributed by atoms with Gasteiger partial charge in [0.05, 0.1) is 22.6 Å². The summed E-state index contributed by atoms with van der Waals surface area (Å²) in [5, 5.41) is 9.79. The Labute approximate surface area is 103 Å². The Morgan fingerprint density at radius 2 is 1.41 bits per heavy atom. The number of sulfonamides is 1. The summed E-state index contributed by atoms with van der Waals surface area (Å²) < 4.78 is 47.4. The molecule has 17 heavy (non-hydrogen) atoms. The van der Waals surface area contributed by atoms with E-state index in [2.05, 4.69) is 4.72 Å². The first kappa shape index (κ1) is 16.8. The third kappa shape index (κ3) is 6.35. The fraction of sp³-hybridized carbons (Fsp3) is 1.00. The number of nitrogens with one attached hydrogen (secondary N) is 1. The van der Waals surface area contributed by atoms with Crippen LogP contribution >= 0.6 is 0 Å². The van der Waals surface area contributed by atoms with Gasteiger partial charge < -0.3 is 5.11 Å². The maximum atomic E-state index is 11.7. The van der Waals surface area contributed by atoms with Crippen LogP contribution in [-0.2, 0) is 19.9 Å². The van der Waals surface area contributed by atoms with Crippen molar-refractivity contribution < 1.29 is 21.9 Å². The molecule has 0 aromatic rings. The molecule has 2 N–H and O–H groups in total. The first-order valence-electron chi connectivity index (χ1n) is 5.08. The summed E-state index contributed by atoms with van der Waals surface area (Å²) in [7, 11) is -7.07. The van der Waals surface area contributed by atoms with Crippen molar-refractivity contribution in [1.82, 2.24) is 4.72 Å². The molecule has 0 rings (SSSR count). The van der Waals surface area contributed by atoms with E-state index in [1.54, 1.807) is 0 Å². The molecule has 0 radical (unpaired) electrons. The summed E-state index contributed by atoms with van der Waals surface area (Å²) in [5.41, 5.74) is -2.34. The van der Waals surface area contributed by atoms with Gasteiger partial charge in [-0.25, -0.2) is 21.6 Å². The molecule has 0 aromatic carbocycles. The highest BCUT2D eigenvalue weighted by Gasteiger charge is 2.38. The van der Waals surface area contributed by atoms with E-state index in [0.717, 1.165) is 6.26 Å². The lowest BCUT2D eigenvalue weighted by Crippen LogP contribution is -2.58. The van der Waals surface area contributed by atoms with E-state index in [1.807, 2.05) is 0 Å². The molecule has 0 saturated heterocycles. The van der Waals surface area contributed by atoms with Crippen molar-refractivity contribution in [2.75, 3.05) is 17.8 Å². The molecule has 0 aliphatic rings. The molecule has 104 valence electrons. The van der Waals surface area contributed by atoms with Crippen LogP contribution in [0.3, 0.4) is 0 Å². The second kappa shape index (κ2) is 4.83. The molecule has 0 atom stereocenters. The van der Waals surface area contributed by atoms with Crippen LogP contribution in [0, 0.1) is 0 Å². The van der Waals surface area contributed by atoms with Gasteiger partial charge in [-0.05, 0) is 27.7 Å². The minimum Gasteiger partial charge on any atom is -0.389 e. The van der Waals surface area contributed by atoms with Gasteiger partial charge in [0, 0.05) is 6.26 Å². The number of hydrogen-bond acceptors (Lipinski definition) is 5. The van der Waals surface area contributed by atoms with Crippen molar-refractivity contribution in [1.29, 1.82) is 0 Å². The Bertz CT molecular complexity index is 456. The standard InChI is InChI=1S/C9H21NO5S2/c1-8(2,9(3,4)11)10-17(14,15)7-6-16(5,12)13/h10-11H,6-7H2,1-5H3. The predicted octanol–water partition coefficient (Wildman–Crippen LogP) is -0.500. The summed E-state index contributed by atoms with van der Waals surface area (Å²) in [6, 6.07) is 0. The Morgan fingerprint density at radius 1 is 1.00 bits per heavy atom. The van der Waals surface area contributed by atoms with E-state index in [-0.39, 0.29) is 0 Å². The van der Waals surface area contributed by atoms with E-state index in [9.17, 15) is 21.9 Å². The quantitative estimate of drug-likeness (QED) is 0.686. The van der Waals surface area contributed by atoms with Crippen molar-refractivity contribution in [2.24, 2.45) is 0 Å². The van der Waals surface area contributed by atoms with E-state index in [4.69, 9.17) is 0 Å². The van der Waals surface area contributed by atoms with Crippen molar-refractivity contribution in [3.05, 3.63) is 0 Å². The third-order valence-electron chi connectivity index (χ3n) is 2.66. The van der Waals surface area contributed by atoms with Crippen molar-refractivity contribution in [3.63, 3.8) is 0 Å². The zero-order valence-corrected chi connectivity index (χ0v) is 12.4. The van der Waals surface area contributed by atoms with Gasteiger partial charge in [-0.1, -0.05) is 0 Å². The van der Waals surface area contributed by atoms with E-state index in [1.165, 1.54) is 27.7 Å². The molecule has 0 aromatic heterocycles. The number of rotatable bonds is 6. The molecule has 0 amide bonds. The van der Waals surface area contributed by atoms with Gasteiger partial charge >= 0.3 is 0 Å². The predicted molar refractivity (Wildman–Crippen MR) is 67.0 cm³/mol. The first-order valence-corrected chi connectivity index (χ1v) is 8.79. The minimum absolute atomic E-state index is 0.440. The fourth-order valence-electron chi connectivity index (χ4n) is 0.826. The monoisotopic (exact) mass is 287 g/mol. The Kier molecular flexibility index (Phi) is 4.78. The number of sulfone groups is 1. The second-order valence-corrected chi connectivity index (χ2v) is 9.34. The Balaban J connectivity index is 4.79. The Morgan fingerprint density at radius 3 is 1.71 bits per heavy atom. The molecule has 0 fully saturated rings. The molecule has 6 nitrogen and oxygen atoms in total. The van der Waals surface area contributed by atoms with Gasteiger partial charge in [0.15, 0.2) is 0 Å². The summed E-state index contributed by atoms with van der Waals surface area (Å²) in [4.78, 5) is 0. The zero-order chi connectivity index (χ0) is 14.1. The average molecular weight is 287 g/mol. The number of aliphatic hydroxyl groups is 1. The van der Waals surface area contributed by atoms with Gasteiger partial charge in [-0.2, -0.15) is 0 Å². The second-order valence-electron chi connectivity index (χ2n) is 5.23. The summed E-state index contributed by atoms with van der Waals surface area (Å²) in [6.45, 7) is 6.02. The van der Waals surface area contributed by atoms with Gasteiger partial charge in [0.25, 0.3) is 0 Å². The average Bonchev–Trinajstić information content (AvgIpc) is 1.95. The number of hydrogen-bond donors (Lipinski definition) is 2. The lowest BCUT2D eigenvalue weighted by atomic mass is 9.87. The van der Waals surface area contributed by atoms with Crippen LogP contribution in [0.2, 0.25) is 0 Å². The van der Waals surface area contributed by atoms with Gasteiger partial charge in [0.1, 0.15) is 9.84 Å². The van der Waals surface area contributed by atoms with Crippen LogP contribution in [-0.4, -0.2) is 50.8 Å². The van der Waals surface area contributed by atoms with Crippen LogP contribution in [0.25, 0.3) is 0 Å². The molecule has 0 unspecified atom stereocenters. The molecular formula is C9H21NO5S2. The molecule has 0 aliphatic carbocycles. The van der Waals surface area contributed by atoms with E-state index < -0.39 is 42.5 Å².